The van der Waals surface area contributed by atoms with Gasteiger partial charge in [-0.15, -0.1) is 0 Å². The minimum absolute atomic E-state index is 0.0501. The molecule has 0 unspecified atom stereocenters. The first-order chi connectivity index (χ1) is 25.9. The highest BCUT2D eigenvalue weighted by Gasteiger charge is 2.34. The minimum atomic E-state index is -0.952. The van der Waals surface area contributed by atoms with E-state index < -0.39 is 35.8 Å². The van der Waals surface area contributed by atoms with Crippen LogP contribution in [0.4, 0.5) is 4.79 Å². The second kappa shape index (κ2) is 23.2. The number of nitrogens with one attached hydrogen (secondary N) is 4. The number of carbonyl (C=O) groups excluding carboxylic acids is 5. The average molecular weight is 749 g/mol. The van der Waals surface area contributed by atoms with E-state index in [9.17, 15) is 28.8 Å². The molecule has 2 aromatic carbocycles. The number of carboxylic acid groups (broad SMARTS) is 1. The second-order valence-corrected chi connectivity index (χ2v) is 14.8. The Morgan fingerprint density at radius 3 is 2.00 bits per heavy atom. The van der Waals surface area contributed by atoms with Crippen molar-refractivity contribution in [1.82, 2.24) is 26.2 Å². The molecule has 296 valence electrons. The Kier molecular flexibility index (Phi) is 18.8. The number of nitrogens with zero attached hydrogens (tertiary/aromatic N) is 1. The van der Waals surface area contributed by atoms with Gasteiger partial charge in [-0.2, -0.15) is 0 Å². The third kappa shape index (κ3) is 15.8. The van der Waals surface area contributed by atoms with Crippen LogP contribution in [-0.4, -0.2) is 96.7 Å². The molecule has 1 fully saturated rings. The van der Waals surface area contributed by atoms with Crippen LogP contribution in [0.15, 0.2) is 60.7 Å². The summed E-state index contributed by atoms with van der Waals surface area (Å²) in [6.07, 6.45) is 3.65. The number of benzene rings is 2. The third-order valence-corrected chi connectivity index (χ3v) is 9.87. The second-order valence-electron chi connectivity index (χ2n) is 14.8. The van der Waals surface area contributed by atoms with Crippen molar-refractivity contribution in [2.24, 2.45) is 23.5 Å². The number of carboxylic acids is 1. The number of hydrogen-bond acceptors (Lipinski definition) is 8. The number of carbonyl (C=O) groups is 6. The molecule has 54 heavy (non-hydrogen) atoms. The molecule has 1 aliphatic heterocycles. The number of aliphatic carboxylic acids is 1. The van der Waals surface area contributed by atoms with Gasteiger partial charge in [0.1, 0.15) is 0 Å². The lowest BCUT2D eigenvalue weighted by atomic mass is 9.87. The maximum Gasteiger partial charge on any atom is 0.317 e. The van der Waals surface area contributed by atoms with E-state index in [-0.39, 0.29) is 54.9 Å². The van der Waals surface area contributed by atoms with Gasteiger partial charge in [-0.1, -0.05) is 80.9 Å². The highest BCUT2D eigenvalue weighted by Crippen LogP contribution is 2.23. The molecule has 0 aliphatic carbocycles. The molecule has 0 spiro atoms. The first-order valence-electron chi connectivity index (χ1n) is 19.2. The molecular formula is C41H60N6O7. The molecule has 0 radical (unpaired) electrons. The fourth-order valence-corrected chi connectivity index (χ4v) is 6.86. The third-order valence-electron chi connectivity index (χ3n) is 9.87. The molecule has 0 bridgehead atoms. The smallest absolute Gasteiger partial charge is 0.317 e. The van der Waals surface area contributed by atoms with Gasteiger partial charge in [0, 0.05) is 50.9 Å². The Morgan fingerprint density at radius 2 is 1.43 bits per heavy atom. The number of Topliss-reactive ketones (excluding diaryl/α,β-unsaturated/α-hetero) is 2. The van der Waals surface area contributed by atoms with Crippen molar-refractivity contribution in [3.8, 4) is 0 Å². The highest BCUT2D eigenvalue weighted by atomic mass is 16.4. The summed E-state index contributed by atoms with van der Waals surface area (Å²) in [4.78, 5) is 80.1. The van der Waals surface area contributed by atoms with Gasteiger partial charge in [0.05, 0.1) is 18.6 Å². The number of hydrogen-bond donors (Lipinski definition) is 6. The number of amides is 4. The van der Waals surface area contributed by atoms with E-state index in [1.165, 1.54) is 0 Å². The van der Waals surface area contributed by atoms with Gasteiger partial charge in [-0.05, 0) is 68.5 Å². The van der Waals surface area contributed by atoms with Gasteiger partial charge < -0.3 is 37.0 Å². The molecule has 13 nitrogen and oxygen atoms in total. The zero-order chi connectivity index (χ0) is 39.5. The Morgan fingerprint density at radius 1 is 0.833 bits per heavy atom. The van der Waals surface area contributed by atoms with Crippen molar-refractivity contribution in [3.63, 3.8) is 0 Å². The molecule has 1 heterocycles. The van der Waals surface area contributed by atoms with Crippen molar-refractivity contribution in [1.29, 1.82) is 0 Å². The summed E-state index contributed by atoms with van der Waals surface area (Å²) in [6.45, 7) is 5.10. The predicted molar refractivity (Wildman–Crippen MR) is 207 cm³/mol. The van der Waals surface area contributed by atoms with Crippen molar-refractivity contribution in [3.05, 3.63) is 71.8 Å². The van der Waals surface area contributed by atoms with Crippen LogP contribution in [0.25, 0.3) is 0 Å². The number of unbranched alkanes of at least 4 members (excludes halogenated alkanes) is 1. The number of nitrogens with two attached hydrogens (primary N) is 1. The van der Waals surface area contributed by atoms with E-state index in [1.54, 1.807) is 11.9 Å². The van der Waals surface area contributed by atoms with Crippen LogP contribution in [0.2, 0.25) is 0 Å². The van der Waals surface area contributed by atoms with Crippen LogP contribution in [-0.2, 0) is 36.8 Å². The lowest BCUT2D eigenvalue weighted by Gasteiger charge is -2.35. The fraction of sp³-hybridized carbons (Fsp3) is 0.561. The molecule has 2 aromatic rings. The first kappa shape index (κ1) is 43.8. The topological polar surface area (TPSA) is 200 Å². The van der Waals surface area contributed by atoms with E-state index in [1.807, 2.05) is 74.5 Å². The van der Waals surface area contributed by atoms with Crippen molar-refractivity contribution in [2.75, 3.05) is 33.2 Å². The van der Waals surface area contributed by atoms with Crippen molar-refractivity contribution in [2.45, 2.75) is 96.2 Å². The summed E-state index contributed by atoms with van der Waals surface area (Å²) in [5, 5.41) is 20.2. The van der Waals surface area contributed by atoms with Gasteiger partial charge in [0.2, 0.25) is 11.8 Å². The molecule has 3 rings (SSSR count). The van der Waals surface area contributed by atoms with Crippen LogP contribution in [0.1, 0.15) is 76.3 Å². The van der Waals surface area contributed by atoms with E-state index in [4.69, 9.17) is 10.8 Å². The zero-order valence-corrected chi connectivity index (χ0v) is 32.1. The van der Waals surface area contributed by atoms with E-state index in [0.717, 1.165) is 11.1 Å². The Hall–Kier alpha value is -4.62. The summed E-state index contributed by atoms with van der Waals surface area (Å²) in [6, 6.07) is 16.9. The van der Waals surface area contributed by atoms with Crippen LogP contribution < -0.4 is 27.0 Å². The van der Waals surface area contributed by atoms with E-state index in [0.29, 0.717) is 71.0 Å². The molecule has 0 aromatic heterocycles. The quantitative estimate of drug-likeness (QED) is 0.0924. The summed E-state index contributed by atoms with van der Waals surface area (Å²) in [5.41, 5.74) is 8.15. The molecular weight excluding hydrogens is 688 g/mol. The predicted octanol–water partition coefficient (Wildman–Crippen LogP) is 3.25. The maximum atomic E-state index is 14.1. The zero-order valence-electron chi connectivity index (χ0n) is 32.1. The first-order valence-corrected chi connectivity index (χ1v) is 19.2. The van der Waals surface area contributed by atoms with Gasteiger partial charge in [0.25, 0.3) is 0 Å². The molecule has 4 amide bonds. The van der Waals surface area contributed by atoms with Gasteiger partial charge in [-0.3, -0.25) is 24.0 Å². The standard InChI is InChI=1S/C41H60N6O7/c1-28(2)22-35(46-39(52)32(23-29-12-6-4-7-13-29)26-36(48)34(42)24-30-14-8-5-9-15-30)37(49)25-31(16-10-11-19-44-27-38(50)51)40(53)47-20-17-33(18-21-47)45-41(54)43-3/h4-9,12-15,28,31-35,44H,10-11,16-27,42H2,1-3H3,(H,46,52)(H,50,51)(H2,43,45,54)/t31-,32-,34+,35+/m0/s1. The van der Waals surface area contributed by atoms with Crippen LogP contribution in [0.3, 0.4) is 0 Å². The Balaban J connectivity index is 1.75. The monoisotopic (exact) mass is 748 g/mol. The van der Waals surface area contributed by atoms with Crippen molar-refractivity contribution >= 4 is 35.4 Å². The Labute approximate surface area is 319 Å². The van der Waals surface area contributed by atoms with Gasteiger partial charge in [-0.25, -0.2) is 4.79 Å². The van der Waals surface area contributed by atoms with Crippen LogP contribution in [0, 0.1) is 17.8 Å². The summed E-state index contributed by atoms with van der Waals surface area (Å²) in [7, 11) is 1.55. The van der Waals surface area contributed by atoms with Crippen molar-refractivity contribution < 1.29 is 33.9 Å². The lowest BCUT2D eigenvalue weighted by Crippen LogP contribution is -2.50. The molecule has 0 saturated carbocycles. The molecule has 1 aliphatic rings. The van der Waals surface area contributed by atoms with Gasteiger partial charge >= 0.3 is 12.0 Å². The number of ketones is 2. The molecule has 4 atom stereocenters. The van der Waals surface area contributed by atoms with Gasteiger partial charge in [0.15, 0.2) is 11.6 Å². The normalized spacial score (nSPS) is 15.5. The largest absolute Gasteiger partial charge is 0.480 e. The van der Waals surface area contributed by atoms with E-state index in [2.05, 4.69) is 21.3 Å². The highest BCUT2D eigenvalue weighted by molar-refractivity contribution is 5.95. The molecule has 7 N–H and O–H groups in total. The maximum absolute atomic E-state index is 14.1. The minimum Gasteiger partial charge on any atom is -0.480 e. The SMILES string of the molecule is CNC(=O)NC1CCN(C(=O)[C@@H](CCCCNCC(=O)O)CC(=O)[C@@H](CC(C)C)NC(=O)[C@H](CC(=O)[C@H](N)Cc2ccccc2)Cc2ccccc2)CC1. The number of rotatable bonds is 23. The summed E-state index contributed by atoms with van der Waals surface area (Å²) < 4.78 is 0. The number of urea groups is 1. The summed E-state index contributed by atoms with van der Waals surface area (Å²) in [5.74, 6) is -3.33. The lowest BCUT2D eigenvalue weighted by molar-refractivity contribution is -0.140. The van der Waals surface area contributed by atoms with Crippen LogP contribution in [0.5, 0.6) is 0 Å². The van der Waals surface area contributed by atoms with E-state index >= 15 is 0 Å². The molecule has 1 saturated heterocycles. The summed E-state index contributed by atoms with van der Waals surface area (Å²) >= 11 is 0. The molecule has 13 heteroatoms. The number of likely N-dealkylation sites (tertiary alicyclic amines) is 1. The Bertz CT molecular complexity index is 1500. The average Bonchev–Trinajstić information content (AvgIpc) is 3.15. The number of piperidine rings is 1. The van der Waals surface area contributed by atoms with Crippen LogP contribution >= 0.6 is 0 Å². The fourth-order valence-electron chi connectivity index (χ4n) is 6.86.